The molecule has 126 valence electrons. The Morgan fingerprint density at radius 3 is 2.61 bits per heavy atom. The Hall–Kier alpha value is -1.47. The predicted octanol–water partition coefficient (Wildman–Crippen LogP) is 0.625. The highest BCUT2D eigenvalue weighted by molar-refractivity contribution is 5.92. The van der Waals surface area contributed by atoms with E-state index in [0.29, 0.717) is 5.69 Å². The van der Waals surface area contributed by atoms with Crippen LogP contribution in [0.2, 0.25) is 0 Å². The smallest absolute Gasteiger partial charge is 0.276 e. The van der Waals surface area contributed by atoms with Gasteiger partial charge in [-0.15, -0.1) is 5.10 Å². The van der Waals surface area contributed by atoms with E-state index in [-0.39, 0.29) is 11.3 Å². The van der Waals surface area contributed by atoms with Gasteiger partial charge < -0.3 is 9.64 Å². The molecule has 3 aliphatic rings. The highest BCUT2D eigenvalue weighted by atomic mass is 16.5. The second-order valence-electron chi connectivity index (χ2n) is 7.52. The SMILES string of the molecule is CC1(Cn2cc(C(=O)N3CCN(C4CCC4)CC3)nn2)COC1. The van der Waals surface area contributed by atoms with Gasteiger partial charge in [0.15, 0.2) is 5.69 Å². The summed E-state index contributed by atoms with van der Waals surface area (Å²) in [5, 5.41) is 8.20. The summed E-state index contributed by atoms with van der Waals surface area (Å²) in [6.45, 7) is 7.99. The quantitative estimate of drug-likeness (QED) is 0.814. The maximum absolute atomic E-state index is 12.6. The van der Waals surface area contributed by atoms with Gasteiger partial charge in [-0.05, 0) is 12.8 Å². The molecule has 23 heavy (non-hydrogen) atoms. The van der Waals surface area contributed by atoms with Crippen LogP contribution in [0.5, 0.6) is 0 Å². The van der Waals surface area contributed by atoms with Crippen molar-refractivity contribution in [1.29, 1.82) is 0 Å². The molecule has 1 amide bonds. The van der Waals surface area contributed by atoms with Gasteiger partial charge in [0, 0.05) is 37.6 Å². The fourth-order valence-electron chi connectivity index (χ4n) is 3.61. The molecule has 1 aliphatic carbocycles. The molecule has 0 N–H and O–H groups in total. The lowest BCUT2D eigenvalue weighted by Gasteiger charge is -2.42. The van der Waals surface area contributed by atoms with Gasteiger partial charge in [0.05, 0.1) is 26.0 Å². The summed E-state index contributed by atoms with van der Waals surface area (Å²) >= 11 is 0. The molecule has 1 aromatic heterocycles. The van der Waals surface area contributed by atoms with Crippen molar-refractivity contribution in [3.63, 3.8) is 0 Å². The lowest BCUT2D eigenvalue weighted by molar-refractivity contribution is -0.111. The number of piperazine rings is 1. The van der Waals surface area contributed by atoms with Crippen LogP contribution in [0.25, 0.3) is 0 Å². The van der Waals surface area contributed by atoms with Crippen LogP contribution in [0, 0.1) is 5.41 Å². The first-order chi connectivity index (χ1) is 11.1. The topological polar surface area (TPSA) is 63.5 Å². The largest absolute Gasteiger partial charge is 0.380 e. The van der Waals surface area contributed by atoms with Crippen molar-refractivity contribution in [3.8, 4) is 0 Å². The van der Waals surface area contributed by atoms with Crippen LogP contribution in [0.1, 0.15) is 36.7 Å². The van der Waals surface area contributed by atoms with Gasteiger partial charge in [0.25, 0.3) is 5.91 Å². The molecule has 0 atom stereocenters. The second-order valence-corrected chi connectivity index (χ2v) is 7.52. The van der Waals surface area contributed by atoms with Crippen LogP contribution < -0.4 is 0 Å². The number of carbonyl (C=O) groups excluding carboxylic acids is 1. The Labute approximate surface area is 136 Å². The molecule has 2 aliphatic heterocycles. The third-order valence-corrected chi connectivity index (χ3v) is 5.40. The Bertz CT molecular complexity index is 571. The van der Waals surface area contributed by atoms with Crippen LogP contribution in [-0.4, -0.2) is 76.1 Å². The minimum absolute atomic E-state index is 0.0134. The molecule has 0 unspecified atom stereocenters. The number of carbonyl (C=O) groups is 1. The number of hydrogen-bond donors (Lipinski definition) is 0. The van der Waals surface area contributed by atoms with E-state index in [0.717, 1.165) is 52.0 Å². The van der Waals surface area contributed by atoms with Gasteiger partial charge in [0.2, 0.25) is 0 Å². The molecule has 7 heteroatoms. The van der Waals surface area contributed by atoms with E-state index in [1.54, 1.807) is 10.9 Å². The molecule has 3 heterocycles. The summed E-state index contributed by atoms with van der Waals surface area (Å²) in [6.07, 6.45) is 5.79. The van der Waals surface area contributed by atoms with Crippen LogP contribution in [-0.2, 0) is 11.3 Å². The zero-order valence-corrected chi connectivity index (χ0v) is 13.8. The molecule has 4 rings (SSSR count). The summed E-state index contributed by atoms with van der Waals surface area (Å²) < 4.78 is 7.04. The van der Waals surface area contributed by atoms with Crippen molar-refractivity contribution in [2.24, 2.45) is 5.41 Å². The Kier molecular flexibility index (Phi) is 3.85. The minimum atomic E-state index is 0.0134. The van der Waals surface area contributed by atoms with Gasteiger partial charge in [-0.3, -0.25) is 14.4 Å². The average Bonchev–Trinajstić information content (AvgIpc) is 2.92. The van der Waals surface area contributed by atoms with Crippen molar-refractivity contribution >= 4 is 5.91 Å². The highest BCUT2D eigenvalue weighted by Crippen LogP contribution is 2.28. The zero-order valence-electron chi connectivity index (χ0n) is 13.8. The van der Waals surface area contributed by atoms with E-state index in [4.69, 9.17) is 4.74 Å². The lowest BCUT2D eigenvalue weighted by Crippen LogP contribution is -2.53. The van der Waals surface area contributed by atoms with Crippen LogP contribution in [0.3, 0.4) is 0 Å². The zero-order chi connectivity index (χ0) is 15.9. The summed E-state index contributed by atoms with van der Waals surface area (Å²) in [4.78, 5) is 17.0. The van der Waals surface area contributed by atoms with Gasteiger partial charge in [-0.2, -0.15) is 0 Å². The normalized spacial score (nSPS) is 25.0. The van der Waals surface area contributed by atoms with Crippen molar-refractivity contribution in [3.05, 3.63) is 11.9 Å². The van der Waals surface area contributed by atoms with Crippen LogP contribution >= 0.6 is 0 Å². The summed E-state index contributed by atoms with van der Waals surface area (Å²) in [6, 6.07) is 0.763. The second kappa shape index (κ2) is 5.87. The predicted molar refractivity (Wildman–Crippen MR) is 84.1 cm³/mol. The van der Waals surface area contributed by atoms with E-state index in [1.807, 2.05) is 4.90 Å². The van der Waals surface area contributed by atoms with E-state index in [2.05, 4.69) is 22.1 Å². The lowest BCUT2D eigenvalue weighted by atomic mass is 9.89. The Balaban J connectivity index is 1.33. The molecule has 7 nitrogen and oxygen atoms in total. The fourth-order valence-corrected chi connectivity index (χ4v) is 3.61. The van der Waals surface area contributed by atoms with E-state index < -0.39 is 0 Å². The summed E-state index contributed by atoms with van der Waals surface area (Å²) in [7, 11) is 0. The number of hydrogen-bond acceptors (Lipinski definition) is 5. The molecule has 0 radical (unpaired) electrons. The average molecular weight is 319 g/mol. The number of ether oxygens (including phenoxy) is 1. The summed E-state index contributed by atoms with van der Waals surface area (Å²) in [5.74, 6) is 0.0134. The molecular weight excluding hydrogens is 294 g/mol. The van der Waals surface area contributed by atoms with Gasteiger partial charge in [-0.25, -0.2) is 0 Å². The monoisotopic (exact) mass is 319 g/mol. The molecule has 3 fully saturated rings. The Morgan fingerprint density at radius 2 is 2.04 bits per heavy atom. The first kappa shape index (κ1) is 15.1. The first-order valence-electron chi connectivity index (χ1n) is 8.64. The number of amides is 1. The minimum Gasteiger partial charge on any atom is -0.380 e. The van der Waals surface area contributed by atoms with Gasteiger partial charge in [-0.1, -0.05) is 18.6 Å². The van der Waals surface area contributed by atoms with Gasteiger partial charge in [0.1, 0.15) is 0 Å². The first-order valence-corrected chi connectivity index (χ1v) is 8.64. The third kappa shape index (κ3) is 2.99. The van der Waals surface area contributed by atoms with Crippen molar-refractivity contribution in [2.75, 3.05) is 39.4 Å². The maximum Gasteiger partial charge on any atom is 0.276 e. The number of nitrogens with zero attached hydrogens (tertiary/aromatic N) is 5. The highest BCUT2D eigenvalue weighted by Gasteiger charge is 2.35. The van der Waals surface area contributed by atoms with E-state index in [9.17, 15) is 4.79 Å². The standard InChI is InChI=1S/C16H25N5O2/c1-16(11-23-12-16)10-21-9-14(17-18-21)15(22)20-7-5-19(6-8-20)13-3-2-4-13/h9,13H,2-8,10-12H2,1H3. The molecule has 2 saturated heterocycles. The third-order valence-electron chi connectivity index (χ3n) is 5.40. The van der Waals surface area contributed by atoms with Crippen molar-refractivity contribution in [1.82, 2.24) is 24.8 Å². The fraction of sp³-hybridized carbons (Fsp3) is 0.812. The molecule has 0 bridgehead atoms. The maximum atomic E-state index is 12.6. The molecule has 0 spiro atoms. The van der Waals surface area contributed by atoms with Crippen molar-refractivity contribution < 1.29 is 9.53 Å². The van der Waals surface area contributed by atoms with Gasteiger partial charge >= 0.3 is 0 Å². The number of aromatic nitrogens is 3. The number of rotatable bonds is 4. The molecule has 1 aromatic rings. The van der Waals surface area contributed by atoms with Crippen LogP contribution in [0.15, 0.2) is 6.20 Å². The molecular formula is C16H25N5O2. The molecule has 0 aromatic carbocycles. The van der Waals surface area contributed by atoms with E-state index >= 15 is 0 Å². The summed E-state index contributed by atoms with van der Waals surface area (Å²) in [5.41, 5.74) is 0.591. The van der Waals surface area contributed by atoms with Crippen LogP contribution in [0.4, 0.5) is 0 Å². The van der Waals surface area contributed by atoms with E-state index in [1.165, 1.54) is 19.3 Å². The Morgan fingerprint density at radius 1 is 1.30 bits per heavy atom. The van der Waals surface area contributed by atoms with Crippen molar-refractivity contribution in [2.45, 2.75) is 38.8 Å². The molecule has 1 saturated carbocycles.